The van der Waals surface area contributed by atoms with Crippen LogP contribution in [0.1, 0.15) is 32.3 Å². The molecule has 1 atom stereocenters. The maximum absolute atomic E-state index is 12.1. The first kappa shape index (κ1) is 15.8. The summed E-state index contributed by atoms with van der Waals surface area (Å²) in [7, 11) is 0. The van der Waals surface area contributed by atoms with Crippen molar-refractivity contribution in [2.45, 2.75) is 33.2 Å². The molecule has 0 radical (unpaired) electrons. The first-order chi connectivity index (χ1) is 10.2. The zero-order valence-corrected chi connectivity index (χ0v) is 13.1. The van der Waals surface area contributed by atoms with E-state index in [1.807, 2.05) is 18.3 Å². The molecule has 0 aromatic carbocycles. The van der Waals surface area contributed by atoms with Crippen molar-refractivity contribution in [2.24, 2.45) is 5.92 Å². The lowest BCUT2D eigenvalue weighted by molar-refractivity contribution is -0.125. The van der Waals surface area contributed by atoms with Gasteiger partial charge in [-0.15, -0.1) is 0 Å². The second-order valence-corrected chi connectivity index (χ2v) is 5.46. The van der Waals surface area contributed by atoms with Crippen molar-refractivity contribution in [2.75, 3.05) is 31.1 Å². The highest BCUT2D eigenvalue weighted by Gasteiger charge is 2.20. The number of nitrogens with zero attached hydrogens (tertiary/aromatic N) is 2. The van der Waals surface area contributed by atoms with Gasteiger partial charge in [-0.25, -0.2) is 4.98 Å². The van der Waals surface area contributed by atoms with Gasteiger partial charge in [0.25, 0.3) is 0 Å². The van der Waals surface area contributed by atoms with Gasteiger partial charge >= 0.3 is 0 Å². The van der Waals surface area contributed by atoms with E-state index in [9.17, 15) is 4.79 Å². The molecule has 5 heteroatoms. The summed E-state index contributed by atoms with van der Waals surface area (Å²) < 4.78 is 0. The highest BCUT2D eigenvalue weighted by Crippen LogP contribution is 2.12. The lowest BCUT2D eigenvalue weighted by Gasteiger charge is -2.22. The fourth-order valence-corrected chi connectivity index (χ4v) is 2.67. The maximum atomic E-state index is 12.1. The van der Waals surface area contributed by atoms with E-state index in [2.05, 4.69) is 34.4 Å². The zero-order valence-electron chi connectivity index (χ0n) is 13.1. The number of carbonyl (C=O) groups is 1. The van der Waals surface area contributed by atoms with Crippen LogP contribution >= 0.6 is 0 Å². The van der Waals surface area contributed by atoms with Crippen molar-refractivity contribution in [3.8, 4) is 0 Å². The molecule has 0 saturated carbocycles. The number of rotatable bonds is 6. The Labute approximate surface area is 127 Å². The third-order valence-corrected chi connectivity index (χ3v) is 4.03. The van der Waals surface area contributed by atoms with E-state index in [1.54, 1.807) is 0 Å². The van der Waals surface area contributed by atoms with Crippen molar-refractivity contribution < 1.29 is 4.79 Å². The smallest absolute Gasteiger partial charge is 0.224 e. The summed E-state index contributed by atoms with van der Waals surface area (Å²) in [5.41, 5.74) is 1.04. The molecule has 21 heavy (non-hydrogen) atoms. The summed E-state index contributed by atoms with van der Waals surface area (Å²) in [6, 6.07) is 4.07. The molecule has 0 bridgehead atoms. The molecule has 0 aliphatic carbocycles. The third-order valence-electron chi connectivity index (χ3n) is 4.03. The quantitative estimate of drug-likeness (QED) is 0.834. The van der Waals surface area contributed by atoms with Crippen molar-refractivity contribution in [3.63, 3.8) is 0 Å². The average Bonchev–Trinajstić information content (AvgIpc) is 2.55. The van der Waals surface area contributed by atoms with Gasteiger partial charge < -0.3 is 15.5 Å². The van der Waals surface area contributed by atoms with E-state index in [0.29, 0.717) is 6.54 Å². The van der Waals surface area contributed by atoms with Gasteiger partial charge in [0.05, 0.1) is 5.92 Å². The van der Waals surface area contributed by atoms with Crippen LogP contribution in [-0.4, -0.2) is 37.1 Å². The van der Waals surface area contributed by atoms with E-state index in [1.165, 1.54) is 0 Å². The minimum atomic E-state index is 0.113. The van der Waals surface area contributed by atoms with Crippen LogP contribution in [0.15, 0.2) is 18.3 Å². The number of piperidine rings is 1. The van der Waals surface area contributed by atoms with Crippen LogP contribution in [0.5, 0.6) is 0 Å². The van der Waals surface area contributed by atoms with E-state index in [4.69, 9.17) is 0 Å². The molecule has 1 aromatic rings. The second-order valence-electron chi connectivity index (χ2n) is 5.46. The molecule has 2 N–H and O–H groups in total. The standard InChI is InChI=1S/C16H26N4O/c1-3-20(4-2)15-8-7-13(10-18-15)11-19-16(21)14-6-5-9-17-12-14/h7-8,10,14,17H,3-6,9,11-12H2,1-2H3,(H,19,21). The number of hydrogen-bond acceptors (Lipinski definition) is 4. The van der Waals surface area contributed by atoms with Crippen LogP contribution in [0.3, 0.4) is 0 Å². The van der Waals surface area contributed by atoms with Gasteiger partial charge in [0.1, 0.15) is 5.82 Å². The molecular formula is C16H26N4O. The molecule has 2 rings (SSSR count). The van der Waals surface area contributed by atoms with Crippen molar-refractivity contribution in [1.29, 1.82) is 0 Å². The van der Waals surface area contributed by atoms with Gasteiger partial charge in [-0.05, 0) is 44.9 Å². The number of hydrogen-bond donors (Lipinski definition) is 2. The Morgan fingerprint density at radius 2 is 2.24 bits per heavy atom. The molecule has 1 unspecified atom stereocenters. The molecule has 1 aromatic heterocycles. The number of amides is 1. The normalized spacial score (nSPS) is 18.3. The van der Waals surface area contributed by atoms with Crippen molar-refractivity contribution >= 4 is 11.7 Å². The van der Waals surface area contributed by atoms with E-state index < -0.39 is 0 Å². The summed E-state index contributed by atoms with van der Waals surface area (Å²) in [4.78, 5) is 18.7. The Morgan fingerprint density at radius 1 is 1.43 bits per heavy atom. The van der Waals surface area contributed by atoms with Gasteiger partial charge in [-0.1, -0.05) is 6.07 Å². The summed E-state index contributed by atoms with van der Waals surface area (Å²) >= 11 is 0. The Bertz CT molecular complexity index is 436. The minimum absolute atomic E-state index is 0.113. The monoisotopic (exact) mass is 290 g/mol. The fraction of sp³-hybridized carbons (Fsp3) is 0.625. The number of carbonyl (C=O) groups excluding carboxylic acids is 1. The maximum Gasteiger partial charge on any atom is 0.224 e. The van der Waals surface area contributed by atoms with Gasteiger partial charge in [-0.3, -0.25) is 4.79 Å². The molecule has 2 heterocycles. The van der Waals surface area contributed by atoms with Crippen LogP contribution in [0.2, 0.25) is 0 Å². The number of nitrogens with one attached hydrogen (secondary N) is 2. The van der Waals surface area contributed by atoms with Crippen LogP contribution < -0.4 is 15.5 Å². The summed E-state index contributed by atoms with van der Waals surface area (Å²) in [5, 5.41) is 6.28. The average molecular weight is 290 g/mol. The molecule has 0 spiro atoms. The number of pyridine rings is 1. The van der Waals surface area contributed by atoms with Crippen LogP contribution in [0.4, 0.5) is 5.82 Å². The van der Waals surface area contributed by atoms with Crippen LogP contribution in [0, 0.1) is 5.92 Å². The fourth-order valence-electron chi connectivity index (χ4n) is 2.67. The topological polar surface area (TPSA) is 57.3 Å². The Hall–Kier alpha value is -1.62. The molecule has 116 valence electrons. The van der Waals surface area contributed by atoms with E-state index in [-0.39, 0.29) is 11.8 Å². The predicted octanol–water partition coefficient (Wildman–Crippen LogP) is 1.54. The predicted molar refractivity (Wildman–Crippen MR) is 85.2 cm³/mol. The first-order valence-electron chi connectivity index (χ1n) is 7.92. The largest absolute Gasteiger partial charge is 0.357 e. The number of anilines is 1. The Kier molecular flexibility index (Phi) is 5.99. The van der Waals surface area contributed by atoms with Crippen molar-refractivity contribution in [3.05, 3.63) is 23.9 Å². The second kappa shape index (κ2) is 7.98. The minimum Gasteiger partial charge on any atom is -0.357 e. The van der Waals surface area contributed by atoms with Gasteiger partial charge in [-0.2, -0.15) is 0 Å². The van der Waals surface area contributed by atoms with Crippen LogP contribution in [-0.2, 0) is 11.3 Å². The van der Waals surface area contributed by atoms with Crippen molar-refractivity contribution in [1.82, 2.24) is 15.6 Å². The summed E-state index contributed by atoms with van der Waals surface area (Å²) in [5.74, 6) is 1.25. The van der Waals surface area contributed by atoms with Gasteiger partial charge in [0, 0.05) is 32.4 Å². The molecule has 1 amide bonds. The van der Waals surface area contributed by atoms with E-state index in [0.717, 1.165) is 50.4 Å². The van der Waals surface area contributed by atoms with Gasteiger partial charge in [0.2, 0.25) is 5.91 Å². The summed E-state index contributed by atoms with van der Waals surface area (Å²) in [6.45, 7) is 8.53. The molecule has 1 saturated heterocycles. The molecule has 1 fully saturated rings. The first-order valence-corrected chi connectivity index (χ1v) is 7.92. The highest BCUT2D eigenvalue weighted by molar-refractivity contribution is 5.78. The SMILES string of the molecule is CCN(CC)c1ccc(CNC(=O)C2CCCNC2)cn1. The highest BCUT2D eigenvalue weighted by atomic mass is 16.1. The number of aromatic nitrogens is 1. The third kappa shape index (κ3) is 4.43. The Morgan fingerprint density at radius 3 is 2.81 bits per heavy atom. The molecule has 5 nitrogen and oxygen atoms in total. The molecule has 1 aliphatic heterocycles. The lowest BCUT2D eigenvalue weighted by Crippen LogP contribution is -2.40. The lowest BCUT2D eigenvalue weighted by atomic mass is 9.99. The Balaban J connectivity index is 1.84. The van der Waals surface area contributed by atoms with E-state index >= 15 is 0 Å². The molecule has 1 aliphatic rings. The zero-order chi connectivity index (χ0) is 15.1. The van der Waals surface area contributed by atoms with Gasteiger partial charge in [0.15, 0.2) is 0 Å². The summed E-state index contributed by atoms with van der Waals surface area (Å²) in [6.07, 6.45) is 3.92. The van der Waals surface area contributed by atoms with Crippen LogP contribution in [0.25, 0.3) is 0 Å². The molecular weight excluding hydrogens is 264 g/mol.